The first-order valence-electron chi connectivity index (χ1n) is 6.27. The topological polar surface area (TPSA) is 71.2 Å². The Labute approximate surface area is 115 Å². The fraction of sp³-hybridized carbons (Fsp3) is 0.385. The Morgan fingerprint density at radius 1 is 1.53 bits per heavy atom. The van der Waals surface area contributed by atoms with Gasteiger partial charge in [0.1, 0.15) is 5.52 Å². The van der Waals surface area contributed by atoms with Crippen LogP contribution in [0.3, 0.4) is 0 Å². The number of nitrogens with two attached hydrogens (primary N) is 1. The first kappa shape index (κ1) is 12.2. The van der Waals surface area contributed by atoms with E-state index in [1.807, 2.05) is 19.2 Å². The number of benzene rings is 1. The lowest BCUT2D eigenvalue weighted by Gasteiger charge is -2.31. The van der Waals surface area contributed by atoms with E-state index in [-0.39, 0.29) is 11.9 Å². The lowest BCUT2D eigenvalue weighted by Crippen LogP contribution is -2.43. The van der Waals surface area contributed by atoms with Crippen molar-refractivity contribution in [2.45, 2.75) is 18.9 Å². The van der Waals surface area contributed by atoms with Crippen molar-refractivity contribution in [1.29, 1.82) is 0 Å². The third-order valence-corrected chi connectivity index (χ3v) is 4.32. The molecule has 1 aromatic heterocycles. The fourth-order valence-corrected chi connectivity index (χ4v) is 3.12. The molecular formula is C13H16N4OS. The number of anilines is 2. The summed E-state index contributed by atoms with van der Waals surface area (Å²) in [6, 6.07) is 4.27. The van der Waals surface area contributed by atoms with Gasteiger partial charge in [0.2, 0.25) is 5.91 Å². The van der Waals surface area contributed by atoms with Gasteiger partial charge in [-0.2, -0.15) is 0 Å². The number of carbonyl (C=O) groups excluding carboxylic acids is 1. The molecule has 0 radical (unpaired) electrons. The zero-order valence-corrected chi connectivity index (χ0v) is 11.5. The molecule has 6 heteroatoms. The van der Waals surface area contributed by atoms with Crippen LogP contribution in [0.5, 0.6) is 0 Å². The number of rotatable bonds is 2. The minimum atomic E-state index is 0.209. The molecule has 0 spiro atoms. The molecule has 1 aromatic carbocycles. The highest BCUT2D eigenvalue weighted by molar-refractivity contribution is 7.16. The normalized spacial score (nSPS) is 19.9. The van der Waals surface area contributed by atoms with Crippen LogP contribution in [0.2, 0.25) is 0 Å². The van der Waals surface area contributed by atoms with Crippen LogP contribution in [-0.2, 0) is 4.79 Å². The Morgan fingerprint density at radius 3 is 3.16 bits per heavy atom. The summed E-state index contributed by atoms with van der Waals surface area (Å²) in [5.41, 5.74) is 10.4. The van der Waals surface area contributed by atoms with E-state index < -0.39 is 0 Å². The van der Waals surface area contributed by atoms with E-state index in [1.165, 1.54) is 0 Å². The maximum Gasteiger partial charge on any atom is 0.222 e. The maximum atomic E-state index is 11.5. The summed E-state index contributed by atoms with van der Waals surface area (Å²) in [5, 5.41) is 3.43. The molecule has 0 aliphatic carbocycles. The third kappa shape index (κ3) is 2.23. The zero-order valence-electron chi connectivity index (χ0n) is 10.7. The van der Waals surface area contributed by atoms with Crippen molar-refractivity contribution in [3.63, 3.8) is 0 Å². The molecular weight excluding hydrogens is 260 g/mol. The second-order valence-electron chi connectivity index (χ2n) is 4.88. The molecule has 1 saturated heterocycles. The van der Waals surface area contributed by atoms with E-state index in [0.29, 0.717) is 18.7 Å². The standard InChI is InChI=1S/C13H16N4OS/c1-17-6-8(2-5-11(17)18)16-9-3-4-10-13(12(9)14)15-7-19-10/h3-4,7-8,16H,2,5-6,14H2,1H3. The van der Waals surface area contributed by atoms with Crippen molar-refractivity contribution in [3.05, 3.63) is 17.6 Å². The molecule has 5 nitrogen and oxygen atoms in total. The minimum absolute atomic E-state index is 0.209. The first-order chi connectivity index (χ1) is 9.15. The SMILES string of the molecule is CN1CC(Nc2ccc3scnc3c2N)CCC1=O. The van der Waals surface area contributed by atoms with E-state index in [9.17, 15) is 4.79 Å². The van der Waals surface area contributed by atoms with Crippen LogP contribution in [0, 0.1) is 0 Å². The molecule has 2 aromatic rings. The third-order valence-electron chi connectivity index (χ3n) is 3.53. The van der Waals surface area contributed by atoms with Crippen molar-refractivity contribution in [3.8, 4) is 0 Å². The predicted octanol–water partition coefficient (Wildman–Crippen LogP) is 1.91. The summed E-state index contributed by atoms with van der Waals surface area (Å²) in [6.45, 7) is 0.716. The smallest absolute Gasteiger partial charge is 0.222 e. The number of fused-ring (bicyclic) bond motifs is 1. The molecule has 100 valence electrons. The van der Waals surface area contributed by atoms with Gasteiger partial charge in [-0.25, -0.2) is 4.98 Å². The van der Waals surface area contributed by atoms with E-state index in [0.717, 1.165) is 22.3 Å². The molecule has 1 aliphatic rings. The van der Waals surface area contributed by atoms with Crippen LogP contribution < -0.4 is 11.1 Å². The van der Waals surface area contributed by atoms with Crippen LogP contribution in [0.1, 0.15) is 12.8 Å². The summed E-state index contributed by atoms with van der Waals surface area (Å²) in [7, 11) is 1.84. The Hall–Kier alpha value is -1.82. The summed E-state index contributed by atoms with van der Waals surface area (Å²) in [5.74, 6) is 0.209. The lowest BCUT2D eigenvalue weighted by molar-refractivity contribution is -0.132. The molecule has 1 amide bonds. The van der Waals surface area contributed by atoms with Gasteiger partial charge in [0.25, 0.3) is 0 Å². The molecule has 0 saturated carbocycles. The van der Waals surface area contributed by atoms with Gasteiger partial charge >= 0.3 is 0 Å². The van der Waals surface area contributed by atoms with Crippen molar-refractivity contribution in [2.75, 3.05) is 24.6 Å². The van der Waals surface area contributed by atoms with Gasteiger partial charge < -0.3 is 16.0 Å². The molecule has 1 atom stereocenters. The van der Waals surface area contributed by atoms with Crippen molar-refractivity contribution >= 4 is 38.8 Å². The highest BCUT2D eigenvalue weighted by Crippen LogP contribution is 2.31. The number of piperidine rings is 1. The van der Waals surface area contributed by atoms with Crippen LogP contribution in [0.25, 0.3) is 10.2 Å². The molecule has 2 heterocycles. The molecule has 1 unspecified atom stereocenters. The molecule has 1 fully saturated rings. The van der Waals surface area contributed by atoms with Crippen LogP contribution in [-0.4, -0.2) is 35.4 Å². The number of likely N-dealkylation sites (tertiary alicyclic amines) is 1. The highest BCUT2D eigenvalue weighted by atomic mass is 32.1. The summed E-state index contributed by atoms with van der Waals surface area (Å²) >= 11 is 1.59. The van der Waals surface area contributed by atoms with Crippen LogP contribution in [0.4, 0.5) is 11.4 Å². The van der Waals surface area contributed by atoms with Gasteiger partial charge in [0, 0.05) is 26.1 Å². The zero-order chi connectivity index (χ0) is 13.4. The van der Waals surface area contributed by atoms with E-state index in [2.05, 4.69) is 10.3 Å². The Kier molecular flexibility index (Phi) is 3.02. The van der Waals surface area contributed by atoms with E-state index >= 15 is 0 Å². The first-order valence-corrected chi connectivity index (χ1v) is 7.15. The number of nitrogen functional groups attached to an aromatic ring is 1. The Bertz CT molecular complexity index is 624. The molecule has 1 aliphatic heterocycles. The average molecular weight is 276 g/mol. The Balaban J connectivity index is 1.81. The number of carbonyl (C=O) groups is 1. The summed E-state index contributed by atoms with van der Waals surface area (Å²) < 4.78 is 1.10. The summed E-state index contributed by atoms with van der Waals surface area (Å²) in [4.78, 5) is 17.5. The number of nitrogens with zero attached hydrogens (tertiary/aromatic N) is 2. The number of hydrogen-bond donors (Lipinski definition) is 2. The quantitative estimate of drug-likeness (QED) is 0.822. The second kappa shape index (κ2) is 4.70. The van der Waals surface area contributed by atoms with Gasteiger partial charge in [0.05, 0.1) is 21.6 Å². The maximum absolute atomic E-state index is 11.5. The lowest BCUT2D eigenvalue weighted by atomic mass is 10.1. The monoisotopic (exact) mass is 276 g/mol. The van der Waals surface area contributed by atoms with Crippen LogP contribution in [0.15, 0.2) is 17.6 Å². The second-order valence-corrected chi connectivity index (χ2v) is 5.77. The van der Waals surface area contributed by atoms with E-state index in [4.69, 9.17) is 5.73 Å². The van der Waals surface area contributed by atoms with E-state index in [1.54, 1.807) is 21.7 Å². The molecule has 3 N–H and O–H groups in total. The minimum Gasteiger partial charge on any atom is -0.395 e. The van der Waals surface area contributed by atoms with Gasteiger partial charge in [-0.05, 0) is 18.6 Å². The van der Waals surface area contributed by atoms with Crippen molar-refractivity contribution in [2.24, 2.45) is 0 Å². The molecule has 19 heavy (non-hydrogen) atoms. The number of thiazole rings is 1. The van der Waals surface area contributed by atoms with Crippen molar-refractivity contribution in [1.82, 2.24) is 9.88 Å². The molecule has 0 bridgehead atoms. The predicted molar refractivity (Wildman–Crippen MR) is 78.3 cm³/mol. The van der Waals surface area contributed by atoms with Crippen LogP contribution >= 0.6 is 11.3 Å². The highest BCUT2D eigenvalue weighted by Gasteiger charge is 2.23. The van der Waals surface area contributed by atoms with Crippen molar-refractivity contribution < 1.29 is 4.79 Å². The number of hydrogen-bond acceptors (Lipinski definition) is 5. The van der Waals surface area contributed by atoms with Gasteiger partial charge in [0.15, 0.2) is 0 Å². The van der Waals surface area contributed by atoms with Gasteiger partial charge in [-0.1, -0.05) is 0 Å². The average Bonchev–Trinajstić information content (AvgIpc) is 2.86. The van der Waals surface area contributed by atoms with Gasteiger partial charge in [-0.15, -0.1) is 11.3 Å². The Morgan fingerprint density at radius 2 is 2.37 bits per heavy atom. The largest absolute Gasteiger partial charge is 0.395 e. The number of likely N-dealkylation sites (N-methyl/N-ethyl adjacent to an activating group) is 1. The number of aromatic nitrogens is 1. The fourth-order valence-electron chi connectivity index (χ4n) is 2.43. The number of nitrogens with one attached hydrogen (secondary N) is 1. The molecule has 3 rings (SSSR count). The summed E-state index contributed by atoms with van der Waals surface area (Å²) in [6.07, 6.45) is 1.44. The number of amides is 1. The van der Waals surface area contributed by atoms with Gasteiger partial charge in [-0.3, -0.25) is 4.79 Å².